The van der Waals surface area contributed by atoms with Crippen molar-refractivity contribution in [2.45, 2.75) is 58.9 Å². The molecule has 0 heterocycles. The number of hydrogen-bond acceptors (Lipinski definition) is 2. The lowest BCUT2D eigenvalue weighted by atomic mass is 9.76. The first-order valence-corrected chi connectivity index (χ1v) is 6.35. The molecule has 1 aliphatic carbocycles. The number of guanidine groups is 1. The highest BCUT2D eigenvalue weighted by Crippen LogP contribution is 2.34. The van der Waals surface area contributed by atoms with Crippen molar-refractivity contribution in [3.63, 3.8) is 0 Å². The minimum Gasteiger partial charge on any atom is -0.353 e. The molecule has 0 spiro atoms. The third-order valence-corrected chi connectivity index (χ3v) is 3.31. The van der Waals surface area contributed by atoms with Gasteiger partial charge in [-0.15, -0.1) is 0 Å². The number of nitrogens with one attached hydrogen (secondary N) is 2. The highest BCUT2D eigenvalue weighted by molar-refractivity contribution is 5.79. The van der Waals surface area contributed by atoms with Crippen molar-refractivity contribution in [1.29, 1.82) is 0 Å². The standard InChI is InChI=1S/C12H26N4/c1-4-9-14-11(16-13)15-10-5-7-12(2,3)8-6-10/h10H,4-9,13H2,1-3H3,(H2,14,15,16). The van der Waals surface area contributed by atoms with Crippen molar-refractivity contribution in [1.82, 2.24) is 10.7 Å². The summed E-state index contributed by atoms with van der Waals surface area (Å²) >= 11 is 0. The van der Waals surface area contributed by atoms with Crippen molar-refractivity contribution >= 4 is 5.96 Å². The van der Waals surface area contributed by atoms with Crippen LogP contribution in [0.4, 0.5) is 0 Å². The van der Waals surface area contributed by atoms with Crippen LogP contribution in [0.5, 0.6) is 0 Å². The third kappa shape index (κ3) is 4.39. The molecule has 1 aliphatic rings. The fourth-order valence-corrected chi connectivity index (χ4v) is 2.09. The van der Waals surface area contributed by atoms with Gasteiger partial charge in [-0.05, 0) is 37.5 Å². The maximum Gasteiger partial charge on any atom is 0.205 e. The number of hydrogen-bond donors (Lipinski definition) is 3. The van der Waals surface area contributed by atoms with Crippen LogP contribution in [-0.2, 0) is 0 Å². The van der Waals surface area contributed by atoms with Crippen molar-refractivity contribution in [2.75, 3.05) is 6.54 Å². The maximum atomic E-state index is 5.44. The minimum atomic E-state index is 0.509. The van der Waals surface area contributed by atoms with E-state index < -0.39 is 0 Å². The Kier molecular flexibility index (Phi) is 5.06. The zero-order chi connectivity index (χ0) is 12.0. The Morgan fingerprint density at radius 1 is 1.38 bits per heavy atom. The summed E-state index contributed by atoms with van der Waals surface area (Å²) < 4.78 is 0. The Labute approximate surface area is 99.1 Å². The zero-order valence-corrected chi connectivity index (χ0v) is 10.8. The molecule has 0 unspecified atom stereocenters. The molecule has 0 bridgehead atoms. The van der Waals surface area contributed by atoms with Crippen molar-refractivity contribution < 1.29 is 0 Å². The van der Waals surface area contributed by atoms with Crippen molar-refractivity contribution in [2.24, 2.45) is 16.3 Å². The minimum absolute atomic E-state index is 0.509. The van der Waals surface area contributed by atoms with Crippen LogP contribution in [0, 0.1) is 5.41 Å². The van der Waals surface area contributed by atoms with E-state index >= 15 is 0 Å². The van der Waals surface area contributed by atoms with E-state index in [4.69, 9.17) is 5.84 Å². The summed E-state index contributed by atoms with van der Waals surface area (Å²) in [7, 11) is 0. The Bertz CT molecular complexity index is 225. The number of nitrogens with two attached hydrogens (primary N) is 1. The second kappa shape index (κ2) is 6.09. The molecule has 1 saturated carbocycles. The zero-order valence-electron chi connectivity index (χ0n) is 10.8. The monoisotopic (exact) mass is 226 g/mol. The van der Waals surface area contributed by atoms with Crippen LogP contribution >= 0.6 is 0 Å². The van der Waals surface area contributed by atoms with Crippen LogP contribution in [0.25, 0.3) is 0 Å². The fraction of sp³-hybridized carbons (Fsp3) is 0.917. The lowest BCUT2D eigenvalue weighted by molar-refractivity contribution is 0.216. The quantitative estimate of drug-likeness (QED) is 0.297. The maximum absolute atomic E-state index is 5.44. The van der Waals surface area contributed by atoms with Gasteiger partial charge in [-0.3, -0.25) is 10.4 Å². The van der Waals surface area contributed by atoms with Gasteiger partial charge in [0.2, 0.25) is 5.96 Å². The second-order valence-electron chi connectivity index (χ2n) is 5.46. The molecular formula is C12H26N4. The fourth-order valence-electron chi connectivity index (χ4n) is 2.09. The second-order valence-corrected chi connectivity index (χ2v) is 5.46. The summed E-state index contributed by atoms with van der Waals surface area (Å²) in [4.78, 5) is 4.36. The van der Waals surface area contributed by atoms with E-state index in [0.29, 0.717) is 11.5 Å². The molecule has 1 rings (SSSR count). The van der Waals surface area contributed by atoms with Crippen molar-refractivity contribution in [3.05, 3.63) is 0 Å². The molecule has 1 fully saturated rings. The average Bonchev–Trinajstić information content (AvgIpc) is 2.26. The molecule has 4 heteroatoms. The molecule has 94 valence electrons. The van der Waals surface area contributed by atoms with Gasteiger partial charge < -0.3 is 5.32 Å². The summed E-state index contributed by atoms with van der Waals surface area (Å²) in [6, 6.07) is 0.527. The molecule has 0 amide bonds. The van der Waals surface area contributed by atoms with E-state index in [9.17, 15) is 0 Å². The van der Waals surface area contributed by atoms with E-state index in [1.54, 1.807) is 0 Å². The predicted molar refractivity (Wildman–Crippen MR) is 69.1 cm³/mol. The van der Waals surface area contributed by atoms with Gasteiger partial charge in [0.1, 0.15) is 0 Å². The number of nitrogens with zero attached hydrogens (tertiary/aromatic N) is 1. The van der Waals surface area contributed by atoms with Crippen LogP contribution in [-0.4, -0.2) is 18.5 Å². The van der Waals surface area contributed by atoms with Crippen LogP contribution in [0.15, 0.2) is 4.99 Å². The van der Waals surface area contributed by atoms with Crippen LogP contribution in [0.3, 0.4) is 0 Å². The summed E-state index contributed by atoms with van der Waals surface area (Å²) in [5, 5.41) is 3.39. The summed E-state index contributed by atoms with van der Waals surface area (Å²) in [5.41, 5.74) is 3.15. The summed E-state index contributed by atoms with van der Waals surface area (Å²) in [5.74, 6) is 6.18. The van der Waals surface area contributed by atoms with E-state index in [-0.39, 0.29) is 0 Å². The number of aliphatic imine (C=N–C) groups is 1. The Morgan fingerprint density at radius 2 is 2.00 bits per heavy atom. The Hall–Kier alpha value is -0.770. The molecule has 4 nitrogen and oxygen atoms in total. The molecule has 0 radical (unpaired) electrons. The first kappa shape index (κ1) is 13.3. The predicted octanol–water partition coefficient (Wildman–Crippen LogP) is 1.77. The van der Waals surface area contributed by atoms with Gasteiger partial charge in [0, 0.05) is 12.6 Å². The Morgan fingerprint density at radius 3 is 2.50 bits per heavy atom. The number of rotatable bonds is 3. The van der Waals surface area contributed by atoms with Crippen LogP contribution in [0.2, 0.25) is 0 Å². The molecule has 0 aromatic heterocycles. The molecular weight excluding hydrogens is 200 g/mol. The lowest BCUT2D eigenvalue weighted by Crippen LogP contribution is -2.48. The van der Waals surface area contributed by atoms with E-state index in [1.807, 2.05) is 0 Å². The summed E-state index contributed by atoms with van der Waals surface area (Å²) in [6.07, 6.45) is 6.01. The molecule has 0 saturated heterocycles. The molecule has 0 atom stereocenters. The van der Waals surface area contributed by atoms with Gasteiger partial charge in [-0.1, -0.05) is 20.8 Å². The van der Waals surface area contributed by atoms with E-state index in [1.165, 1.54) is 25.7 Å². The van der Waals surface area contributed by atoms with Crippen LogP contribution in [0.1, 0.15) is 52.9 Å². The molecule has 0 aromatic carbocycles. The molecule has 4 N–H and O–H groups in total. The highest BCUT2D eigenvalue weighted by Gasteiger charge is 2.26. The SMILES string of the molecule is CCCN=C(NN)NC1CCC(C)(C)CC1. The molecule has 0 aliphatic heterocycles. The first-order chi connectivity index (χ1) is 7.57. The van der Waals surface area contributed by atoms with Gasteiger partial charge in [-0.25, -0.2) is 5.84 Å². The largest absolute Gasteiger partial charge is 0.353 e. The summed E-state index contributed by atoms with van der Waals surface area (Å²) in [6.45, 7) is 7.62. The van der Waals surface area contributed by atoms with Gasteiger partial charge >= 0.3 is 0 Å². The van der Waals surface area contributed by atoms with Gasteiger partial charge in [0.15, 0.2) is 0 Å². The molecule has 16 heavy (non-hydrogen) atoms. The van der Waals surface area contributed by atoms with Gasteiger partial charge in [-0.2, -0.15) is 0 Å². The third-order valence-electron chi connectivity index (χ3n) is 3.31. The van der Waals surface area contributed by atoms with Gasteiger partial charge in [0.25, 0.3) is 0 Å². The highest BCUT2D eigenvalue weighted by atomic mass is 15.3. The van der Waals surface area contributed by atoms with E-state index in [2.05, 4.69) is 36.5 Å². The molecule has 0 aromatic rings. The number of hydrazine groups is 1. The average molecular weight is 226 g/mol. The first-order valence-electron chi connectivity index (χ1n) is 6.35. The Balaban J connectivity index is 2.37. The normalized spacial score (nSPS) is 21.9. The van der Waals surface area contributed by atoms with Crippen molar-refractivity contribution in [3.8, 4) is 0 Å². The van der Waals surface area contributed by atoms with E-state index in [0.717, 1.165) is 18.9 Å². The smallest absolute Gasteiger partial charge is 0.205 e. The van der Waals surface area contributed by atoms with Gasteiger partial charge in [0.05, 0.1) is 0 Å². The van der Waals surface area contributed by atoms with Crippen LogP contribution < -0.4 is 16.6 Å². The topological polar surface area (TPSA) is 62.4 Å². The lowest BCUT2D eigenvalue weighted by Gasteiger charge is -2.35.